The largest absolute Gasteiger partial charge is 0.396 e. The summed E-state index contributed by atoms with van der Waals surface area (Å²) in [5, 5.41) is 8.91. The summed E-state index contributed by atoms with van der Waals surface area (Å²) in [6.45, 7) is 7.78. The fourth-order valence-electron chi connectivity index (χ4n) is 4.14. The highest BCUT2D eigenvalue weighted by Gasteiger charge is 2.60. The minimum absolute atomic E-state index is 0.373. The van der Waals surface area contributed by atoms with Gasteiger partial charge in [-0.25, -0.2) is 0 Å². The maximum atomic E-state index is 8.91. The topological polar surface area (TPSA) is 20.2 Å². The van der Waals surface area contributed by atoms with E-state index in [1.54, 1.807) is 0 Å². The molecule has 0 aromatic heterocycles. The molecule has 14 heavy (non-hydrogen) atoms. The van der Waals surface area contributed by atoms with Crippen molar-refractivity contribution >= 4 is 0 Å². The van der Waals surface area contributed by atoms with Crippen molar-refractivity contribution in [3.63, 3.8) is 0 Å². The molecule has 0 heterocycles. The van der Waals surface area contributed by atoms with E-state index in [1.807, 2.05) is 0 Å². The highest BCUT2D eigenvalue weighted by Crippen LogP contribution is 2.68. The molecule has 2 bridgehead atoms. The summed E-state index contributed by atoms with van der Waals surface area (Å²) in [4.78, 5) is 0. The van der Waals surface area contributed by atoms with Crippen LogP contribution in [0.15, 0.2) is 0 Å². The van der Waals surface area contributed by atoms with Gasteiger partial charge in [-0.15, -0.1) is 0 Å². The average molecular weight is 196 g/mol. The van der Waals surface area contributed by atoms with Crippen LogP contribution < -0.4 is 0 Å². The van der Waals surface area contributed by atoms with Crippen LogP contribution in [0.5, 0.6) is 0 Å². The first kappa shape index (κ1) is 10.5. The maximum Gasteiger partial charge on any atom is 0.0431 e. The highest BCUT2D eigenvalue weighted by molar-refractivity contribution is 5.09. The summed E-state index contributed by atoms with van der Waals surface area (Å²) in [6, 6.07) is 0. The Hall–Kier alpha value is -0.0400. The van der Waals surface area contributed by atoms with Crippen molar-refractivity contribution in [2.24, 2.45) is 22.7 Å². The van der Waals surface area contributed by atoms with E-state index >= 15 is 0 Å². The molecular weight excluding hydrogens is 172 g/mol. The predicted molar refractivity (Wildman–Crippen MR) is 59.0 cm³/mol. The van der Waals surface area contributed by atoms with E-state index in [0.29, 0.717) is 17.4 Å². The van der Waals surface area contributed by atoms with E-state index in [9.17, 15) is 0 Å². The van der Waals surface area contributed by atoms with E-state index < -0.39 is 0 Å². The average Bonchev–Trinajstić information content (AvgIpc) is 2.46. The molecule has 2 aliphatic carbocycles. The van der Waals surface area contributed by atoms with Crippen LogP contribution in [0.3, 0.4) is 0 Å². The summed E-state index contributed by atoms with van der Waals surface area (Å²) >= 11 is 0. The first-order valence-corrected chi connectivity index (χ1v) is 6.13. The molecule has 2 saturated carbocycles. The van der Waals surface area contributed by atoms with Crippen LogP contribution in [0.1, 0.15) is 52.9 Å². The van der Waals surface area contributed by atoms with Gasteiger partial charge in [0.1, 0.15) is 0 Å². The lowest BCUT2D eigenvalue weighted by atomic mass is 9.66. The third-order valence-corrected chi connectivity index (χ3v) is 5.69. The van der Waals surface area contributed by atoms with Gasteiger partial charge in [-0.3, -0.25) is 0 Å². The third kappa shape index (κ3) is 1.18. The van der Waals surface area contributed by atoms with Crippen molar-refractivity contribution in [2.75, 3.05) is 6.61 Å². The molecule has 0 radical (unpaired) electrons. The van der Waals surface area contributed by atoms with Crippen LogP contribution in [-0.4, -0.2) is 11.7 Å². The van der Waals surface area contributed by atoms with Gasteiger partial charge in [0.15, 0.2) is 0 Å². The Morgan fingerprint density at radius 3 is 2.43 bits per heavy atom. The van der Waals surface area contributed by atoms with Crippen LogP contribution >= 0.6 is 0 Å². The maximum absolute atomic E-state index is 8.91. The summed E-state index contributed by atoms with van der Waals surface area (Å²) in [6.07, 6.45) is 6.53. The molecule has 3 atom stereocenters. The number of aliphatic hydroxyl groups excluding tert-OH is 1. The van der Waals surface area contributed by atoms with Crippen molar-refractivity contribution in [1.29, 1.82) is 0 Å². The van der Waals surface area contributed by atoms with Gasteiger partial charge in [-0.2, -0.15) is 0 Å². The summed E-state index contributed by atoms with van der Waals surface area (Å²) in [5.74, 6) is 1.83. The van der Waals surface area contributed by atoms with Crippen molar-refractivity contribution in [2.45, 2.75) is 52.9 Å². The quantitative estimate of drug-likeness (QED) is 0.735. The fraction of sp³-hybridized carbons (Fsp3) is 1.00. The van der Waals surface area contributed by atoms with Crippen LogP contribution in [0, 0.1) is 22.7 Å². The molecular formula is C13H24O. The first-order valence-electron chi connectivity index (χ1n) is 6.13. The van der Waals surface area contributed by atoms with Gasteiger partial charge < -0.3 is 5.11 Å². The minimum Gasteiger partial charge on any atom is -0.396 e. The summed E-state index contributed by atoms with van der Waals surface area (Å²) < 4.78 is 0. The number of hydrogen-bond acceptors (Lipinski definition) is 1. The molecule has 1 heteroatoms. The Bertz CT molecular complexity index is 221. The number of hydrogen-bond donors (Lipinski definition) is 1. The summed E-state index contributed by atoms with van der Waals surface area (Å²) in [5.41, 5.74) is 1.11. The smallest absolute Gasteiger partial charge is 0.0431 e. The molecule has 0 amide bonds. The third-order valence-electron chi connectivity index (χ3n) is 5.69. The molecule has 0 saturated heterocycles. The Morgan fingerprint density at radius 1 is 1.29 bits per heavy atom. The lowest BCUT2D eigenvalue weighted by Crippen LogP contribution is -2.32. The van der Waals surface area contributed by atoms with Gasteiger partial charge in [-0.05, 0) is 54.8 Å². The molecule has 2 rings (SSSR count). The van der Waals surface area contributed by atoms with Gasteiger partial charge in [0.2, 0.25) is 0 Å². The molecule has 0 aromatic rings. The van der Waals surface area contributed by atoms with Gasteiger partial charge in [0, 0.05) is 6.61 Å². The monoisotopic (exact) mass is 196 g/mol. The van der Waals surface area contributed by atoms with Crippen molar-refractivity contribution < 1.29 is 5.11 Å². The zero-order valence-electron chi connectivity index (χ0n) is 9.84. The van der Waals surface area contributed by atoms with Crippen molar-refractivity contribution in [3.05, 3.63) is 0 Å². The molecule has 0 aromatic carbocycles. The van der Waals surface area contributed by atoms with E-state index in [-0.39, 0.29) is 0 Å². The SMILES string of the molecule is CC1(C)[C@H]2CC[C@@]1(C)[C@@H](CCCO)C2. The molecule has 2 fully saturated rings. The van der Waals surface area contributed by atoms with Crippen LogP contribution in [-0.2, 0) is 0 Å². The van der Waals surface area contributed by atoms with Crippen LogP contribution in [0.25, 0.3) is 0 Å². The molecule has 0 unspecified atom stereocenters. The van der Waals surface area contributed by atoms with Gasteiger partial charge in [-0.1, -0.05) is 20.8 Å². The van der Waals surface area contributed by atoms with Crippen LogP contribution in [0.4, 0.5) is 0 Å². The minimum atomic E-state index is 0.373. The van der Waals surface area contributed by atoms with E-state index in [4.69, 9.17) is 5.11 Å². The second-order valence-corrected chi connectivity index (χ2v) is 6.17. The second kappa shape index (κ2) is 3.23. The molecule has 2 aliphatic rings. The van der Waals surface area contributed by atoms with E-state index in [1.165, 1.54) is 25.7 Å². The standard InChI is InChI=1S/C13H24O/c1-12(2)10-6-7-13(12,3)11(9-10)5-4-8-14/h10-11,14H,4-9H2,1-3H3/t10-,11-,13-/m0/s1. The van der Waals surface area contributed by atoms with Gasteiger partial charge in [0.25, 0.3) is 0 Å². The van der Waals surface area contributed by atoms with E-state index in [2.05, 4.69) is 20.8 Å². The zero-order valence-corrected chi connectivity index (χ0v) is 9.84. The van der Waals surface area contributed by atoms with Gasteiger partial charge in [0.05, 0.1) is 0 Å². The molecule has 1 N–H and O–H groups in total. The molecule has 1 nitrogen and oxygen atoms in total. The normalized spacial score (nSPS) is 44.6. The Kier molecular flexibility index (Phi) is 2.42. The number of aliphatic hydroxyl groups is 1. The predicted octanol–water partition coefficient (Wildman–Crippen LogP) is 3.22. The van der Waals surface area contributed by atoms with E-state index in [0.717, 1.165) is 18.3 Å². The Morgan fingerprint density at radius 2 is 2.00 bits per heavy atom. The Balaban J connectivity index is 2.11. The van der Waals surface area contributed by atoms with Gasteiger partial charge >= 0.3 is 0 Å². The molecule has 0 aliphatic heterocycles. The first-order chi connectivity index (χ1) is 6.52. The lowest BCUT2D eigenvalue weighted by molar-refractivity contribution is 0.0928. The number of rotatable bonds is 3. The second-order valence-electron chi connectivity index (χ2n) is 6.17. The zero-order chi connectivity index (χ0) is 10.4. The summed E-state index contributed by atoms with van der Waals surface area (Å²) in [7, 11) is 0. The fourth-order valence-corrected chi connectivity index (χ4v) is 4.14. The van der Waals surface area contributed by atoms with Crippen molar-refractivity contribution in [3.8, 4) is 0 Å². The Labute approximate surface area is 87.9 Å². The van der Waals surface area contributed by atoms with Crippen LogP contribution in [0.2, 0.25) is 0 Å². The molecule has 0 spiro atoms. The number of fused-ring (bicyclic) bond motifs is 2. The van der Waals surface area contributed by atoms with Crippen molar-refractivity contribution in [1.82, 2.24) is 0 Å². The lowest BCUT2D eigenvalue weighted by Gasteiger charge is -2.39. The molecule has 82 valence electrons. The highest BCUT2D eigenvalue weighted by atomic mass is 16.2.